The second kappa shape index (κ2) is 15.7. The number of likely N-dealkylation sites (tertiary alicyclic amines) is 1. The van der Waals surface area contributed by atoms with Crippen molar-refractivity contribution in [3.8, 4) is 34.0 Å². The highest BCUT2D eigenvalue weighted by Gasteiger charge is 2.26. The first kappa shape index (κ1) is 33.5. The van der Waals surface area contributed by atoms with Gasteiger partial charge in [-0.3, -0.25) is 14.9 Å². The van der Waals surface area contributed by atoms with Crippen LogP contribution in [0.15, 0.2) is 97.3 Å². The molecule has 0 unspecified atom stereocenters. The molecule has 3 aromatic carbocycles. The minimum atomic E-state index is 0.411. The van der Waals surface area contributed by atoms with E-state index in [9.17, 15) is 0 Å². The molecule has 2 aromatic heterocycles. The molecule has 3 heterocycles. The first-order chi connectivity index (χ1) is 23.4. The van der Waals surface area contributed by atoms with E-state index in [4.69, 9.17) is 26.1 Å². The van der Waals surface area contributed by atoms with Gasteiger partial charge in [-0.05, 0) is 121 Å². The van der Waals surface area contributed by atoms with Crippen molar-refractivity contribution in [1.82, 2.24) is 14.9 Å². The maximum absolute atomic E-state index is 6.15. The Labute approximate surface area is 290 Å². The second-order valence-corrected chi connectivity index (χ2v) is 13.1. The van der Waals surface area contributed by atoms with Crippen molar-refractivity contribution in [1.29, 1.82) is 0 Å². The van der Waals surface area contributed by atoms with Crippen molar-refractivity contribution in [2.45, 2.75) is 58.7 Å². The van der Waals surface area contributed by atoms with Crippen LogP contribution in [0.5, 0.6) is 11.5 Å². The molecule has 0 aliphatic carbocycles. The summed E-state index contributed by atoms with van der Waals surface area (Å²) in [6.07, 6.45) is 8.09. The zero-order valence-corrected chi connectivity index (χ0v) is 29.2. The molecule has 48 heavy (non-hydrogen) atoms. The summed E-state index contributed by atoms with van der Waals surface area (Å²) in [5.74, 6) is 1.86. The quantitative estimate of drug-likeness (QED) is 0.133. The molecular formula is C41H45ClN4O2. The van der Waals surface area contributed by atoms with E-state index < -0.39 is 0 Å². The Kier molecular flexibility index (Phi) is 10.9. The molecule has 6 nitrogen and oxygen atoms in total. The van der Waals surface area contributed by atoms with Gasteiger partial charge in [-0.25, -0.2) is 0 Å². The molecule has 0 saturated carbocycles. The van der Waals surface area contributed by atoms with E-state index in [2.05, 4.69) is 89.3 Å². The molecule has 7 heteroatoms. The van der Waals surface area contributed by atoms with Crippen molar-refractivity contribution in [3.63, 3.8) is 0 Å². The van der Waals surface area contributed by atoms with Gasteiger partial charge in [-0.15, -0.1) is 0 Å². The smallest absolute Gasteiger partial charge is 0.124 e. The number of pyridine rings is 2. The van der Waals surface area contributed by atoms with E-state index in [0.29, 0.717) is 6.04 Å². The molecule has 0 spiro atoms. The summed E-state index contributed by atoms with van der Waals surface area (Å²) in [5.41, 5.74) is 10.3. The summed E-state index contributed by atoms with van der Waals surface area (Å²) in [7, 11) is 3.47. The van der Waals surface area contributed by atoms with Gasteiger partial charge in [0, 0.05) is 66.5 Å². The molecule has 1 saturated heterocycles. The third kappa shape index (κ3) is 8.00. The highest BCUT2D eigenvalue weighted by molar-refractivity contribution is 6.30. The molecule has 248 valence electrons. The third-order valence-corrected chi connectivity index (χ3v) is 9.57. The number of hydrogen-bond acceptors (Lipinski definition) is 6. The van der Waals surface area contributed by atoms with Crippen LogP contribution in [-0.2, 0) is 19.5 Å². The molecule has 0 atom stereocenters. The number of hydrogen-bond donors (Lipinski definition) is 0. The molecule has 1 aliphatic rings. The van der Waals surface area contributed by atoms with Gasteiger partial charge in [0.2, 0.25) is 0 Å². The number of halogens is 1. The largest absolute Gasteiger partial charge is 0.497 e. The van der Waals surface area contributed by atoms with Crippen molar-refractivity contribution in [2.24, 2.45) is 0 Å². The zero-order valence-electron chi connectivity index (χ0n) is 28.5. The van der Waals surface area contributed by atoms with E-state index in [0.717, 1.165) is 96.5 Å². The van der Waals surface area contributed by atoms with Crippen LogP contribution >= 0.6 is 11.6 Å². The topological polar surface area (TPSA) is 50.7 Å². The summed E-state index contributed by atoms with van der Waals surface area (Å²) in [6, 6.07) is 30.0. The number of anilines is 1. The molecule has 5 aromatic rings. The minimum absolute atomic E-state index is 0.411. The monoisotopic (exact) mass is 660 g/mol. The van der Waals surface area contributed by atoms with Crippen molar-refractivity contribution < 1.29 is 9.47 Å². The van der Waals surface area contributed by atoms with Crippen LogP contribution in [0.4, 0.5) is 5.69 Å². The van der Waals surface area contributed by atoms with E-state index >= 15 is 0 Å². The molecule has 0 bridgehead atoms. The van der Waals surface area contributed by atoms with E-state index in [1.54, 1.807) is 14.2 Å². The number of nitrogens with zero attached hydrogens (tertiary/aromatic N) is 4. The fraction of sp³-hybridized carbons (Fsp3) is 0.317. The standard InChI is InChI=1S/C41H45ClN4O2/c1-5-6-33-26-34(23-29(2)41(33)48-4)40-24-30(15-19-44-40)27-45-21-17-37(18-22-45)46(36-11-13-38(47-3)14-12-36)28-31-16-20-43-39(25-31)32-7-9-35(42)10-8-32/h7-16,19-20,23-26,37H,5-6,17-18,21-22,27-28H2,1-4H3. The maximum atomic E-state index is 6.15. The molecule has 0 amide bonds. The van der Waals surface area contributed by atoms with Gasteiger partial charge >= 0.3 is 0 Å². The van der Waals surface area contributed by atoms with E-state index in [1.165, 1.54) is 22.4 Å². The van der Waals surface area contributed by atoms with Crippen LogP contribution < -0.4 is 14.4 Å². The summed E-state index contributed by atoms with van der Waals surface area (Å²) < 4.78 is 11.2. The van der Waals surface area contributed by atoms with Crippen molar-refractivity contribution >= 4 is 17.3 Å². The summed E-state index contributed by atoms with van der Waals surface area (Å²) in [6.45, 7) is 8.11. The Bertz CT molecular complexity index is 1800. The summed E-state index contributed by atoms with van der Waals surface area (Å²) in [5, 5.41) is 0.727. The van der Waals surface area contributed by atoms with Gasteiger partial charge < -0.3 is 14.4 Å². The molecule has 1 aliphatic heterocycles. The highest BCUT2D eigenvalue weighted by atomic mass is 35.5. The van der Waals surface area contributed by atoms with Crippen LogP contribution in [0.2, 0.25) is 5.02 Å². The summed E-state index contributed by atoms with van der Waals surface area (Å²) in [4.78, 5) is 14.6. The van der Waals surface area contributed by atoms with Gasteiger partial charge in [0.25, 0.3) is 0 Å². The number of rotatable bonds is 12. The van der Waals surface area contributed by atoms with Gasteiger partial charge in [0.15, 0.2) is 0 Å². The minimum Gasteiger partial charge on any atom is -0.497 e. The number of ether oxygens (including phenoxy) is 2. The lowest BCUT2D eigenvalue weighted by Gasteiger charge is -2.40. The number of benzene rings is 3. The second-order valence-electron chi connectivity index (χ2n) is 12.7. The molecule has 0 radical (unpaired) electrons. The fourth-order valence-electron chi connectivity index (χ4n) is 6.87. The lowest BCUT2D eigenvalue weighted by molar-refractivity contribution is 0.201. The van der Waals surface area contributed by atoms with Crippen LogP contribution in [0, 0.1) is 6.92 Å². The zero-order chi connectivity index (χ0) is 33.5. The molecule has 1 fully saturated rings. The normalized spacial score (nSPS) is 13.8. The fourth-order valence-corrected chi connectivity index (χ4v) is 7.00. The average Bonchev–Trinajstić information content (AvgIpc) is 3.12. The van der Waals surface area contributed by atoms with Crippen molar-refractivity contribution in [2.75, 3.05) is 32.2 Å². The maximum Gasteiger partial charge on any atom is 0.124 e. The first-order valence-electron chi connectivity index (χ1n) is 16.9. The first-order valence-corrected chi connectivity index (χ1v) is 17.3. The third-order valence-electron chi connectivity index (χ3n) is 9.32. The van der Waals surface area contributed by atoms with E-state index in [1.807, 2.05) is 36.7 Å². The van der Waals surface area contributed by atoms with Crippen LogP contribution in [-0.4, -0.2) is 48.2 Å². The van der Waals surface area contributed by atoms with Gasteiger partial charge in [-0.1, -0.05) is 37.1 Å². The SMILES string of the molecule is CCCc1cc(-c2cc(CN3CCC(N(Cc4ccnc(-c5ccc(Cl)cc5)c4)c4ccc(OC)cc4)CC3)ccn2)cc(C)c1OC. The van der Waals surface area contributed by atoms with Crippen LogP contribution in [0.25, 0.3) is 22.5 Å². The van der Waals surface area contributed by atoms with Crippen LogP contribution in [0.3, 0.4) is 0 Å². The summed E-state index contributed by atoms with van der Waals surface area (Å²) >= 11 is 6.15. The van der Waals surface area contributed by atoms with Gasteiger partial charge in [-0.2, -0.15) is 0 Å². The molecule has 0 N–H and O–H groups in total. The van der Waals surface area contributed by atoms with Crippen molar-refractivity contribution in [3.05, 3.63) is 125 Å². The lowest BCUT2D eigenvalue weighted by Crippen LogP contribution is -2.44. The number of methoxy groups -OCH3 is 2. The Morgan fingerprint density at radius 1 is 0.792 bits per heavy atom. The Morgan fingerprint density at radius 2 is 1.46 bits per heavy atom. The molecule has 6 rings (SSSR count). The lowest BCUT2D eigenvalue weighted by atomic mass is 9.98. The Balaban J connectivity index is 1.16. The highest BCUT2D eigenvalue weighted by Crippen LogP contribution is 2.32. The van der Waals surface area contributed by atoms with Crippen LogP contribution in [0.1, 0.15) is 48.4 Å². The number of piperidine rings is 1. The van der Waals surface area contributed by atoms with Gasteiger partial charge in [0.05, 0.1) is 25.6 Å². The Hall–Kier alpha value is -4.39. The predicted molar refractivity (Wildman–Crippen MR) is 197 cm³/mol. The average molecular weight is 661 g/mol. The molecular weight excluding hydrogens is 616 g/mol. The van der Waals surface area contributed by atoms with Gasteiger partial charge in [0.1, 0.15) is 11.5 Å². The van der Waals surface area contributed by atoms with E-state index in [-0.39, 0.29) is 0 Å². The Morgan fingerprint density at radius 3 is 2.12 bits per heavy atom. The number of aromatic nitrogens is 2. The predicted octanol–water partition coefficient (Wildman–Crippen LogP) is 9.41. The number of aryl methyl sites for hydroxylation is 2.